The van der Waals surface area contributed by atoms with Crippen LogP contribution in [0, 0.1) is 18.3 Å². The van der Waals surface area contributed by atoms with Gasteiger partial charge in [-0.25, -0.2) is 0 Å². The Bertz CT molecular complexity index is 529. The van der Waals surface area contributed by atoms with Gasteiger partial charge in [0.05, 0.1) is 6.07 Å². The van der Waals surface area contributed by atoms with E-state index in [0.29, 0.717) is 6.54 Å². The molecular weight excluding hydrogens is 210 g/mol. The lowest BCUT2D eigenvalue weighted by Gasteiger charge is -2.13. The third kappa shape index (κ3) is 1.75. The van der Waals surface area contributed by atoms with Gasteiger partial charge in [0, 0.05) is 18.9 Å². The van der Waals surface area contributed by atoms with Crippen molar-refractivity contribution in [2.24, 2.45) is 5.92 Å². The van der Waals surface area contributed by atoms with E-state index < -0.39 is 11.4 Å². The van der Waals surface area contributed by atoms with Gasteiger partial charge in [-0.3, -0.25) is 19.5 Å². The summed E-state index contributed by atoms with van der Waals surface area (Å²) < 4.78 is 0. The van der Waals surface area contributed by atoms with Crippen molar-refractivity contribution in [3.63, 3.8) is 0 Å². The first-order valence-electron chi connectivity index (χ1n) is 4.67. The molecule has 1 aromatic rings. The van der Waals surface area contributed by atoms with Gasteiger partial charge in [0.25, 0.3) is 5.56 Å². The van der Waals surface area contributed by atoms with Crippen molar-refractivity contribution in [1.82, 2.24) is 9.97 Å². The van der Waals surface area contributed by atoms with Crippen molar-refractivity contribution < 1.29 is 9.90 Å². The Balaban J connectivity index is 2.35. The minimum Gasteiger partial charge on any atom is -0.493 e. The summed E-state index contributed by atoms with van der Waals surface area (Å²) in [6, 6.07) is 0.933. The number of H-pyrrole nitrogens is 1. The Morgan fingerprint density at radius 1 is 1.62 bits per heavy atom. The van der Waals surface area contributed by atoms with Crippen molar-refractivity contribution in [2.75, 3.05) is 11.4 Å². The summed E-state index contributed by atoms with van der Waals surface area (Å²) in [5.74, 6) is 1.70. The van der Waals surface area contributed by atoms with Gasteiger partial charge in [-0.2, -0.15) is 4.98 Å². The summed E-state index contributed by atoms with van der Waals surface area (Å²) in [5.41, 5.74) is -0.514. The molecule has 1 fully saturated rings. The van der Waals surface area contributed by atoms with Crippen molar-refractivity contribution in [1.29, 1.82) is 0 Å². The number of nitrogens with one attached hydrogen (secondary N) is 1. The Labute approximate surface area is 90.9 Å². The molecule has 16 heavy (non-hydrogen) atoms. The highest BCUT2D eigenvalue weighted by Crippen LogP contribution is 2.21. The maximum absolute atomic E-state index is 11.6. The lowest BCUT2D eigenvalue weighted by Crippen LogP contribution is -2.28. The van der Waals surface area contributed by atoms with E-state index in [2.05, 4.69) is 15.9 Å². The highest BCUT2D eigenvalue weighted by atomic mass is 16.3. The normalized spacial score (nSPS) is 19.8. The molecule has 1 amide bonds. The molecular formula is C10H9N3O3. The van der Waals surface area contributed by atoms with E-state index in [1.807, 2.05) is 0 Å². The molecule has 1 atom stereocenters. The van der Waals surface area contributed by atoms with E-state index in [1.54, 1.807) is 0 Å². The Hall–Kier alpha value is -2.29. The summed E-state index contributed by atoms with van der Waals surface area (Å²) >= 11 is 0. The summed E-state index contributed by atoms with van der Waals surface area (Å²) in [6.45, 7) is 0.307. The van der Waals surface area contributed by atoms with Gasteiger partial charge >= 0.3 is 0 Å². The van der Waals surface area contributed by atoms with Crippen LogP contribution in [0.4, 0.5) is 5.95 Å². The lowest BCUT2D eigenvalue weighted by molar-refractivity contribution is -0.117. The van der Waals surface area contributed by atoms with Gasteiger partial charge in [-0.1, -0.05) is 0 Å². The molecule has 82 valence electrons. The van der Waals surface area contributed by atoms with Crippen LogP contribution in [0.15, 0.2) is 10.9 Å². The number of hydrogen-bond donors (Lipinski definition) is 2. The Kier molecular flexibility index (Phi) is 2.37. The third-order valence-corrected chi connectivity index (χ3v) is 2.33. The topological polar surface area (TPSA) is 86.3 Å². The average Bonchev–Trinajstić information content (AvgIpc) is 2.58. The number of nitrogens with zero attached hydrogens (tertiary/aromatic N) is 2. The van der Waals surface area contributed by atoms with Gasteiger partial charge in [-0.15, -0.1) is 12.3 Å². The largest absolute Gasteiger partial charge is 0.493 e. The SMILES string of the molecule is C#CC1CC(=O)N(c2nc(O)cc(=O)[nH]2)C1. The lowest BCUT2D eigenvalue weighted by atomic mass is 10.1. The zero-order chi connectivity index (χ0) is 11.7. The molecule has 0 aliphatic carbocycles. The van der Waals surface area contributed by atoms with Gasteiger partial charge in [0.1, 0.15) is 0 Å². The number of aromatic amines is 1. The molecule has 0 spiro atoms. The molecule has 2 N–H and O–H groups in total. The van der Waals surface area contributed by atoms with E-state index in [0.717, 1.165) is 6.07 Å². The number of aromatic hydroxyl groups is 1. The number of terminal acetylenes is 1. The maximum Gasteiger partial charge on any atom is 0.256 e. The monoisotopic (exact) mass is 219 g/mol. The van der Waals surface area contributed by atoms with Gasteiger partial charge in [0.2, 0.25) is 17.7 Å². The molecule has 6 nitrogen and oxygen atoms in total. The fraction of sp³-hybridized carbons (Fsp3) is 0.300. The fourth-order valence-corrected chi connectivity index (χ4v) is 1.58. The molecule has 1 saturated heterocycles. The van der Waals surface area contributed by atoms with E-state index in [4.69, 9.17) is 11.5 Å². The van der Waals surface area contributed by atoms with Crippen LogP contribution < -0.4 is 10.5 Å². The third-order valence-electron chi connectivity index (χ3n) is 2.33. The van der Waals surface area contributed by atoms with Gasteiger partial charge in [0.15, 0.2) is 0 Å². The molecule has 1 aliphatic rings. The molecule has 0 saturated carbocycles. The fourth-order valence-electron chi connectivity index (χ4n) is 1.58. The minimum absolute atomic E-state index is 0.0350. The van der Waals surface area contributed by atoms with Crippen molar-refractivity contribution in [2.45, 2.75) is 6.42 Å². The van der Waals surface area contributed by atoms with Crippen LogP contribution in [0.5, 0.6) is 5.88 Å². The van der Waals surface area contributed by atoms with E-state index >= 15 is 0 Å². The van der Waals surface area contributed by atoms with Crippen LogP contribution >= 0.6 is 0 Å². The average molecular weight is 219 g/mol. The van der Waals surface area contributed by atoms with Crippen LogP contribution in [-0.2, 0) is 4.79 Å². The highest BCUT2D eigenvalue weighted by molar-refractivity contribution is 5.94. The van der Waals surface area contributed by atoms with Crippen LogP contribution in [0.2, 0.25) is 0 Å². The molecule has 2 rings (SSSR count). The van der Waals surface area contributed by atoms with Crippen LogP contribution in [-0.4, -0.2) is 27.5 Å². The zero-order valence-electron chi connectivity index (χ0n) is 8.30. The Morgan fingerprint density at radius 3 is 2.94 bits per heavy atom. The summed E-state index contributed by atoms with van der Waals surface area (Å²) in [4.78, 5) is 30.0. The minimum atomic E-state index is -0.514. The van der Waals surface area contributed by atoms with Gasteiger partial charge in [-0.05, 0) is 0 Å². The molecule has 0 bridgehead atoms. The number of carbonyl (C=O) groups excluding carboxylic acids is 1. The van der Waals surface area contributed by atoms with Crippen molar-refractivity contribution in [3.8, 4) is 18.2 Å². The number of aromatic nitrogens is 2. The molecule has 1 aromatic heterocycles. The van der Waals surface area contributed by atoms with E-state index in [1.165, 1.54) is 4.90 Å². The number of carbonyl (C=O) groups is 1. The predicted octanol–water partition coefficient (Wildman–Crippen LogP) is -0.538. The molecule has 0 aromatic carbocycles. The van der Waals surface area contributed by atoms with E-state index in [-0.39, 0.29) is 24.2 Å². The zero-order valence-corrected chi connectivity index (χ0v) is 8.30. The quantitative estimate of drug-likeness (QED) is 0.621. The van der Waals surface area contributed by atoms with Crippen LogP contribution in [0.25, 0.3) is 0 Å². The number of anilines is 1. The van der Waals surface area contributed by atoms with E-state index in [9.17, 15) is 9.59 Å². The maximum atomic E-state index is 11.6. The number of rotatable bonds is 1. The predicted molar refractivity (Wildman–Crippen MR) is 55.8 cm³/mol. The standard InChI is InChI=1S/C10H9N3O3/c1-2-6-3-9(16)13(5-6)10-11-7(14)4-8(15)12-10/h1,4,6H,3,5H2,(H2,11,12,14,15). The molecule has 1 aliphatic heterocycles. The number of hydrogen-bond acceptors (Lipinski definition) is 4. The first kappa shape index (κ1) is 10.2. The van der Waals surface area contributed by atoms with Crippen molar-refractivity contribution >= 4 is 11.9 Å². The molecule has 1 unspecified atom stereocenters. The number of amides is 1. The second-order valence-electron chi connectivity index (χ2n) is 3.50. The summed E-state index contributed by atoms with van der Waals surface area (Å²) in [6.07, 6.45) is 5.46. The molecule has 6 heteroatoms. The van der Waals surface area contributed by atoms with Crippen LogP contribution in [0.3, 0.4) is 0 Å². The second kappa shape index (κ2) is 3.70. The smallest absolute Gasteiger partial charge is 0.256 e. The van der Waals surface area contributed by atoms with Crippen LogP contribution in [0.1, 0.15) is 6.42 Å². The first-order valence-corrected chi connectivity index (χ1v) is 4.67. The highest BCUT2D eigenvalue weighted by Gasteiger charge is 2.30. The van der Waals surface area contributed by atoms with Gasteiger partial charge < -0.3 is 5.11 Å². The second-order valence-corrected chi connectivity index (χ2v) is 3.50. The molecule has 0 radical (unpaired) electrons. The summed E-state index contributed by atoms with van der Waals surface area (Å²) in [7, 11) is 0. The Morgan fingerprint density at radius 2 is 2.38 bits per heavy atom. The molecule has 2 heterocycles. The van der Waals surface area contributed by atoms with Crippen molar-refractivity contribution in [3.05, 3.63) is 16.4 Å². The first-order chi connectivity index (χ1) is 7.60. The summed E-state index contributed by atoms with van der Waals surface area (Å²) in [5, 5.41) is 9.15.